The Labute approximate surface area is 80.9 Å². The van der Waals surface area contributed by atoms with E-state index in [1.807, 2.05) is 6.07 Å². The van der Waals surface area contributed by atoms with Gasteiger partial charge in [-0.05, 0) is 5.56 Å². The van der Waals surface area contributed by atoms with Crippen molar-refractivity contribution in [2.45, 2.75) is 6.04 Å². The Morgan fingerprint density at radius 2 is 2.07 bits per heavy atom. The van der Waals surface area contributed by atoms with Crippen LogP contribution < -0.4 is 5.32 Å². The quantitative estimate of drug-likeness (QED) is 0.427. The normalized spacial score (nSPS) is 11.7. The average Bonchev–Trinajstić information content (AvgIpc) is 2.18. The number of carbonyl (C=O) groups is 1. The lowest BCUT2D eigenvalue weighted by Crippen LogP contribution is -2.26. The highest BCUT2D eigenvalue weighted by atomic mass is 16.6. The summed E-state index contributed by atoms with van der Waals surface area (Å²) in [5.41, 5.74) is 0.733. The van der Waals surface area contributed by atoms with E-state index >= 15 is 0 Å². The summed E-state index contributed by atoms with van der Waals surface area (Å²) >= 11 is 0. The summed E-state index contributed by atoms with van der Waals surface area (Å²) in [6, 6.07) is 8.29. The molecule has 1 atom stereocenters. The highest BCUT2D eigenvalue weighted by molar-refractivity contribution is 5.47. The molecule has 0 aliphatic heterocycles. The van der Waals surface area contributed by atoms with Crippen LogP contribution in [0.4, 0.5) is 0 Å². The Kier molecular flexibility index (Phi) is 3.60. The molecule has 0 spiro atoms. The van der Waals surface area contributed by atoms with E-state index < -0.39 is 11.0 Å². The number of benzene rings is 1. The van der Waals surface area contributed by atoms with E-state index in [2.05, 4.69) is 5.32 Å². The fraction of sp³-hybridized carbons (Fsp3) is 0.222. The minimum atomic E-state index is -0.552. The van der Waals surface area contributed by atoms with Gasteiger partial charge in [-0.25, -0.2) is 0 Å². The number of nitrogens with zero attached hydrogens (tertiary/aromatic N) is 1. The molecule has 1 aromatic carbocycles. The van der Waals surface area contributed by atoms with Gasteiger partial charge in [0.1, 0.15) is 6.04 Å². The molecule has 5 heteroatoms. The van der Waals surface area contributed by atoms with Crippen LogP contribution >= 0.6 is 0 Å². The standard InChI is InChI=1S/C9H10N2O3/c12-7-10-9(6-11(13)14)8-4-2-1-3-5-8/h1-5,7,9H,6H2,(H,10,12). The van der Waals surface area contributed by atoms with E-state index in [1.54, 1.807) is 24.3 Å². The highest BCUT2D eigenvalue weighted by Crippen LogP contribution is 2.11. The molecule has 0 aromatic heterocycles. The van der Waals surface area contributed by atoms with Gasteiger partial charge in [-0.3, -0.25) is 14.9 Å². The molecule has 1 N–H and O–H groups in total. The number of nitrogens with one attached hydrogen (secondary N) is 1. The van der Waals surface area contributed by atoms with Crippen LogP contribution in [0.3, 0.4) is 0 Å². The molecule has 0 fully saturated rings. The lowest BCUT2D eigenvalue weighted by atomic mass is 10.1. The Balaban J connectivity index is 2.77. The summed E-state index contributed by atoms with van der Waals surface area (Å²) in [6.07, 6.45) is 0.473. The third kappa shape index (κ3) is 2.85. The van der Waals surface area contributed by atoms with E-state index in [-0.39, 0.29) is 6.54 Å². The van der Waals surface area contributed by atoms with Crippen molar-refractivity contribution < 1.29 is 9.72 Å². The Hall–Kier alpha value is -1.91. The molecule has 0 heterocycles. The van der Waals surface area contributed by atoms with Crippen LogP contribution in [-0.4, -0.2) is 17.9 Å². The maximum absolute atomic E-state index is 10.3. The largest absolute Gasteiger partial charge is 0.345 e. The zero-order valence-electron chi connectivity index (χ0n) is 7.42. The number of carbonyl (C=O) groups excluding carboxylic acids is 1. The molecule has 0 aliphatic rings. The first-order valence-electron chi connectivity index (χ1n) is 4.10. The number of nitro groups is 1. The third-order valence-corrected chi connectivity index (χ3v) is 1.80. The van der Waals surface area contributed by atoms with Crippen LogP contribution in [0.5, 0.6) is 0 Å². The zero-order valence-corrected chi connectivity index (χ0v) is 7.42. The molecule has 74 valence electrons. The molecule has 5 nitrogen and oxygen atoms in total. The van der Waals surface area contributed by atoms with Crippen LogP contribution in [0.2, 0.25) is 0 Å². The van der Waals surface area contributed by atoms with Gasteiger partial charge in [0.05, 0.1) is 0 Å². The molecule has 14 heavy (non-hydrogen) atoms. The fourth-order valence-electron chi connectivity index (χ4n) is 1.17. The molecule has 0 radical (unpaired) electrons. The minimum absolute atomic E-state index is 0.303. The van der Waals surface area contributed by atoms with Crippen LogP contribution in [-0.2, 0) is 4.79 Å². The maximum Gasteiger partial charge on any atom is 0.227 e. The summed E-state index contributed by atoms with van der Waals surface area (Å²) < 4.78 is 0. The predicted octanol–water partition coefficient (Wildman–Crippen LogP) is 0.750. The Morgan fingerprint density at radius 1 is 1.43 bits per heavy atom. The molecule has 0 saturated heterocycles. The molecular formula is C9H10N2O3. The minimum Gasteiger partial charge on any atom is -0.345 e. The predicted molar refractivity (Wildman–Crippen MR) is 50.2 cm³/mol. The summed E-state index contributed by atoms with van der Waals surface area (Å²) in [6.45, 7) is -0.303. The van der Waals surface area contributed by atoms with E-state index in [1.165, 1.54) is 0 Å². The van der Waals surface area contributed by atoms with Gasteiger partial charge >= 0.3 is 0 Å². The number of hydrogen-bond acceptors (Lipinski definition) is 3. The van der Waals surface area contributed by atoms with Gasteiger partial charge in [0.25, 0.3) is 0 Å². The van der Waals surface area contributed by atoms with Crippen molar-refractivity contribution in [3.63, 3.8) is 0 Å². The Morgan fingerprint density at radius 3 is 2.57 bits per heavy atom. The number of rotatable bonds is 5. The van der Waals surface area contributed by atoms with Crippen molar-refractivity contribution in [2.24, 2.45) is 0 Å². The maximum atomic E-state index is 10.3. The second kappa shape index (κ2) is 4.96. The van der Waals surface area contributed by atoms with Crippen LogP contribution in [0, 0.1) is 10.1 Å². The van der Waals surface area contributed by atoms with Crippen molar-refractivity contribution in [2.75, 3.05) is 6.54 Å². The number of hydrogen-bond donors (Lipinski definition) is 1. The topological polar surface area (TPSA) is 72.2 Å². The fourth-order valence-corrected chi connectivity index (χ4v) is 1.17. The monoisotopic (exact) mass is 194 g/mol. The van der Waals surface area contributed by atoms with Gasteiger partial charge in [-0.1, -0.05) is 30.3 Å². The lowest BCUT2D eigenvalue weighted by molar-refractivity contribution is -0.484. The van der Waals surface area contributed by atoms with Gasteiger partial charge in [-0.2, -0.15) is 0 Å². The summed E-state index contributed by atoms with van der Waals surface area (Å²) in [4.78, 5) is 20.1. The first kappa shape index (κ1) is 10.2. The van der Waals surface area contributed by atoms with Gasteiger partial charge in [0.15, 0.2) is 0 Å². The summed E-state index contributed by atoms with van der Waals surface area (Å²) in [5.74, 6) is 0. The molecule has 0 bridgehead atoms. The third-order valence-electron chi connectivity index (χ3n) is 1.80. The Bertz CT molecular complexity index is 313. The van der Waals surface area contributed by atoms with Crippen LogP contribution in [0.1, 0.15) is 11.6 Å². The molecule has 0 saturated carbocycles. The molecule has 1 rings (SSSR count). The van der Waals surface area contributed by atoms with Crippen molar-refractivity contribution in [3.8, 4) is 0 Å². The highest BCUT2D eigenvalue weighted by Gasteiger charge is 2.15. The van der Waals surface area contributed by atoms with Gasteiger partial charge in [0.2, 0.25) is 13.0 Å². The lowest BCUT2D eigenvalue weighted by Gasteiger charge is -2.11. The molecule has 1 unspecified atom stereocenters. The second-order valence-electron chi connectivity index (χ2n) is 2.76. The SMILES string of the molecule is O=CNC(C[N+](=O)[O-])c1ccccc1. The number of amides is 1. The first-order valence-corrected chi connectivity index (χ1v) is 4.10. The smallest absolute Gasteiger partial charge is 0.227 e. The first-order chi connectivity index (χ1) is 6.74. The van der Waals surface area contributed by atoms with Crippen molar-refractivity contribution in [1.29, 1.82) is 0 Å². The van der Waals surface area contributed by atoms with Gasteiger partial charge < -0.3 is 5.32 Å². The van der Waals surface area contributed by atoms with E-state index in [9.17, 15) is 14.9 Å². The van der Waals surface area contributed by atoms with Crippen molar-refractivity contribution in [1.82, 2.24) is 5.32 Å². The van der Waals surface area contributed by atoms with Crippen molar-refractivity contribution in [3.05, 3.63) is 46.0 Å². The van der Waals surface area contributed by atoms with Crippen molar-refractivity contribution >= 4 is 6.41 Å². The molecule has 0 aliphatic carbocycles. The average molecular weight is 194 g/mol. The van der Waals surface area contributed by atoms with E-state index in [4.69, 9.17) is 0 Å². The summed E-state index contributed by atoms with van der Waals surface area (Å²) in [7, 11) is 0. The summed E-state index contributed by atoms with van der Waals surface area (Å²) in [5, 5.41) is 12.7. The zero-order chi connectivity index (χ0) is 10.4. The molecule has 1 amide bonds. The molecule has 1 aromatic rings. The van der Waals surface area contributed by atoms with E-state index in [0.29, 0.717) is 6.41 Å². The van der Waals surface area contributed by atoms with Crippen LogP contribution in [0.25, 0.3) is 0 Å². The van der Waals surface area contributed by atoms with E-state index in [0.717, 1.165) is 5.56 Å². The second-order valence-corrected chi connectivity index (χ2v) is 2.76. The van der Waals surface area contributed by atoms with Gasteiger partial charge in [0, 0.05) is 4.92 Å². The van der Waals surface area contributed by atoms with Crippen LogP contribution in [0.15, 0.2) is 30.3 Å². The molecular weight excluding hydrogens is 184 g/mol. The van der Waals surface area contributed by atoms with Gasteiger partial charge in [-0.15, -0.1) is 0 Å².